The summed E-state index contributed by atoms with van der Waals surface area (Å²) in [6.45, 7) is 5.07. The number of ether oxygens (including phenoxy) is 1. The molecule has 2 aliphatic heterocycles. The number of β-amino-alcohol motifs (C(OH)–C–C–N with tert-alkyl or cyclic N) is 1. The molecule has 4 heterocycles. The Hall–Kier alpha value is -5.46. The van der Waals surface area contributed by atoms with Crippen molar-refractivity contribution in [3.05, 3.63) is 106 Å². The minimum absolute atomic E-state index is 0.0811. The number of rotatable bonds is 19. The number of urea groups is 1. The topological polar surface area (TPSA) is 201 Å². The van der Waals surface area contributed by atoms with Gasteiger partial charge in [0.15, 0.2) is 0 Å². The standard InChI is InChI=1S/C43H54N8O8S/c1-4-28(2)39(50-19-18-48(42(50)56)23-32-27-60-38(45-32)26-59-3)41(55)46-35(20-29-10-6-5-7-11-29)37(53)25-49(47-40(54)36-21-33(52)24-51(36)43(57)58)22-30-13-15-31(16-14-30)34-12-8-9-17-44-34/h5-17,27-28,33,35-37,39,52-53H,4,18-26H2,1-3H3,(H,46,55)(H,47,54)(H,57,58). The fourth-order valence-electron chi connectivity index (χ4n) is 7.70. The van der Waals surface area contributed by atoms with E-state index in [1.165, 1.54) is 16.3 Å². The van der Waals surface area contributed by atoms with Crippen molar-refractivity contribution in [2.24, 2.45) is 5.92 Å². The number of methoxy groups -OCH3 is 1. The third-order valence-corrected chi connectivity index (χ3v) is 11.9. The summed E-state index contributed by atoms with van der Waals surface area (Å²) in [5.41, 5.74) is 6.85. The van der Waals surface area contributed by atoms with Crippen LogP contribution in [-0.2, 0) is 40.4 Å². The molecule has 5 amide bonds. The molecule has 0 radical (unpaired) electrons. The van der Waals surface area contributed by atoms with E-state index in [-0.39, 0.29) is 44.4 Å². The van der Waals surface area contributed by atoms with Crippen molar-refractivity contribution in [2.45, 2.75) is 83.1 Å². The van der Waals surface area contributed by atoms with Crippen LogP contribution in [0.2, 0.25) is 0 Å². The van der Waals surface area contributed by atoms with Gasteiger partial charge < -0.3 is 35.2 Å². The average Bonchev–Trinajstić information content (AvgIpc) is 3.97. The second-order valence-electron chi connectivity index (χ2n) is 15.4. The van der Waals surface area contributed by atoms with E-state index < -0.39 is 48.2 Å². The molecule has 2 fully saturated rings. The lowest BCUT2D eigenvalue weighted by molar-refractivity contribution is -0.132. The van der Waals surface area contributed by atoms with Gasteiger partial charge in [0.05, 0.1) is 49.3 Å². The SMILES string of the molecule is CCC(C)C(C(=O)NC(Cc1ccccc1)C(O)CN(Cc1ccc(-c2ccccn2)cc1)NC(=O)C1CC(O)CN1C(=O)O)N1CCN(Cc2csc(COC)n2)C1=O. The molecule has 0 aliphatic carbocycles. The summed E-state index contributed by atoms with van der Waals surface area (Å²) in [7, 11) is 1.60. The maximum Gasteiger partial charge on any atom is 0.408 e. The Labute approximate surface area is 353 Å². The Kier molecular flexibility index (Phi) is 15.2. The van der Waals surface area contributed by atoms with E-state index in [0.717, 1.165) is 38.0 Å². The fraction of sp³-hybridized carbons (Fsp3) is 0.442. The summed E-state index contributed by atoms with van der Waals surface area (Å²) in [6.07, 6.45) is -1.12. The molecular weight excluding hydrogens is 789 g/mol. The molecule has 2 aromatic carbocycles. The molecule has 320 valence electrons. The number of thiazole rings is 1. The number of carbonyl (C=O) groups excluding carboxylic acids is 3. The number of hydrazine groups is 1. The second-order valence-corrected chi connectivity index (χ2v) is 16.3. The van der Waals surface area contributed by atoms with Crippen molar-refractivity contribution >= 4 is 35.3 Å². The number of hydrogen-bond acceptors (Lipinski definition) is 11. The van der Waals surface area contributed by atoms with Gasteiger partial charge >= 0.3 is 12.1 Å². The normalized spacial score (nSPS) is 18.7. The van der Waals surface area contributed by atoms with Gasteiger partial charge in [-0.3, -0.25) is 24.9 Å². The lowest BCUT2D eigenvalue weighted by atomic mass is 9.95. The molecule has 17 heteroatoms. The first kappa shape index (κ1) is 44.1. The molecule has 5 N–H and O–H groups in total. The number of amides is 5. The van der Waals surface area contributed by atoms with Gasteiger partial charge in [0.2, 0.25) is 5.91 Å². The highest BCUT2D eigenvalue weighted by Gasteiger charge is 2.42. The predicted octanol–water partition coefficient (Wildman–Crippen LogP) is 3.74. The van der Waals surface area contributed by atoms with Crippen LogP contribution in [0.4, 0.5) is 9.59 Å². The number of carbonyl (C=O) groups is 4. The fourth-order valence-corrected chi connectivity index (χ4v) is 8.46. The second kappa shape index (κ2) is 20.7. The number of carboxylic acid groups (broad SMARTS) is 1. The van der Waals surface area contributed by atoms with E-state index in [1.807, 2.05) is 92.0 Å². The van der Waals surface area contributed by atoms with Crippen LogP contribution in [0.15, 0.2) is 84.4 Å². The molecule has 2 aromatic heterocycles. The Bertz CT molecular complexity index is 2040. The van der Waals surface area contributed by atoms with E-state index in [0.29, 0.717) is 32.7 Å². The summed E-state index contributed by atoms with van der Waals surface area (Å²) in [6, 6.07) is 19.4. The van der Waals surface area contributed by atoms with Gasteiger partial charge in [-0.25, -0.2) is 19.6 Å². The highest BCUT2D eigenvalue weighted by atomic mass is 32.1. The highest BCUT2D eigenvalue weighted by molar-refractivity contribution is 7.09. The number of aliphatic hydroxyl groups is 2. The summed E-state index contributed by atoms with van der Waals surface area (Å²) in [4.78, 5) is 67.3. The first-order chi connectivity index (χ1) is 28.9. The zero-order valence-corrected chi connectivity index (χ0v) is 34.9. The number of nitrogens with one attached hydrogen (secondary N) is 2. The third kappa shape index (κ3) is 11.2. The van der Waals surface area contributed by atoms with Crippen LogP contribution in [0.1, 0.15) is 48.5 Å². The van der Waals surface area contributed by atoms with Gasteiger partial charge in [-0.2, -0.15) is 0 Å². The molecule has 2 aliphatic rings. The van der Waals surface area contributed by atoms with Crippen molar-refractivity contribution in [3.63, 3.8) is 0 Å². The Balaban J connectivity index is 1.23. The van der Waals surface area contributed by atoms with Crippen molar-refractivity contribution in [1.82, 2.24) is 40.4 Å². The molecule has 4 aromatic rings. The number of aromatic nitrogens is 2. The Morgan fingerprint density at radius 2 is 1.78 bits per heavy atom. The van der Waals surface area contributed by atoms with Crippen LogP contribution in [-0.4, -0.2) is 133 Å². The quantitative estimate of drug-likeness (QED) is 0.0862. The largest absolute Gasteiger partial charge is 0.465 e. The molecule has 60 heavy (non-hydrogen) atoms. The predicted molar refractivity (Wildman–Crippen MR) is 224 cm³/mol. The molecule has 0 spiro atoms. The third-order valence-electron chi connectivity index (χ3n) is 11.0. The van der Waals surface area contributed by atoms with Crippen LogP contribution in [0.3, 0.4) is 0 Å². The number of nitrogens with zero attached hydrogens (tertiary/aromatic N) is 6. The number of hydrogen-bond donors (Lipinski definition) is 5. The molecule has 0 saturated carbocycles. The van der Waals surface area contributed by atoms with Crippen molar-refractivity contribution < 1.29 is 39.2 Å². The maximum atomic E-state index is 14.5. The summed E-state index contributed by atoms with van der Waals surface area (Å²) < 4.78 is 5.19. The van der Waals surface area contributed by atoms with Crippen LogP contribution in [0.5, 0.6) is 0 Å². The zero-order valence-electron chi connectivity index (χ0n) is 34.1. The smallest absolute Gasteiger partial charge is 0.408 e. The van der Waals surface area contributed by atoms with Gasteiger partial charge in [0.25, 0.3) is 5.91 Å². The zero-order chi connectivity index (χ0) is 42.8. The summed E-state index contributed by atoms with van der Waals surface area (Å²) in [5.74, 6) is -1.29. The molecule has 6 unspecified atom stereocenters. The Morgan fingerprint density at radius 1 is 1.03 bits per heavy atom. The number of likely N-dealkylation sites (tertiary alicyclic amines) is 1. The number of pyridine rings is 1. The van der Waals surface area contributed by atoms with Crippen LogP contribution < -0.4 is 10.7 Å². The van der Waals surface area contributed by atoms with Gasteiger partial charge in [-0.1, -0.05) is 80.9 Å². The van der Waals surface area contributed by atoms with Crippen LogP contribution in [0, 0.1) is 5.92 Å². The summed E-state index contributed by atoms with van der Waals surface area (Å²) >= 11 is 1.46. The molecule has 6 atom stereocenters. The van der Waals surface area contributed by atoms with Crippen molar-refractivity contribution in [2.75, 3.05) is 33.3 Å². The maximum absolute atomic E-state index is 14.5. The van der Waals surface area contributed by atoms with Gasteiger partial charge in [-0.15, -0.1) is 11.3 Å². The number of benzene rings is 2. The van der Waals surface area contributed by atoms with Crippen LogP contribution in [0.25, 0.3) is 11.3 Å². The molecule has 6 rings (SSSR count). The molecule has 2 saturated heterocycles. The van der Waals surface area contributed by atoms with E-state index in [1.54, 1.807) is 23.1 Å². The lowest BCUT2D eigenvalue weighted by Gasteiger charge is -2.35. The van der Waals surface area contributed by atoms with Gasteiger partial charge in [-0.05, 0) is 35.6 Å². The molecule has 16 nitrogen and oxygen atoms in total. The first-order valence-corrected chi connectivity index (χ1v) is 21.1. The van der Waals surface area contributed by atoms with E-state index >= 15 is 0 Å². The van der Waals surface area contributed by atoms with E-state index in [2.05, 4.69) is 20.7 Å². The minimum Gasteiger partial charge on any atom is -0.465 e. The average molecular weight is 843 g/mol. The summed E-state index contributed by atoms with van der Waals surface area (Å²) in [5, 5.41) is 39.5. The van der Waals surface area contributed by atoms with Gasteiger partial charge in [0, 0.05) is 56.9 Å². The molecular formula is C43H54N8O8S. The molecule has 0 bridgehead atoms. The highest BCUT2D eigenvalue weighted by Crippen LogP contribution is 2.25. The van der Waals surface area contributed by atoms with E-state index in [4.69, 9.17) is 4.74 Å². The minimum atomic E-state index is -1.33. The number of aliphatic hydroxyl groups excluding tert-OH is 2. The first-order valence-electron chi connectivity index (χ1n) is 20.2. The monoisotopic (exact) mass is 842 g/mol. The van der Waals surface area contributed by atoms with E-state index in [9.17, 15) is 34.5 Å². The lowest BCUT2D eigenvalue weighted by Crippen LogP contribution is -2.59. The Morgan fingerprint density at radius 3 is 2.47 bits per heavy atom. The van der Waals surface area contributed by atoms with Crippen LogP contribution >= 0.6 is 11.3 Å². The van der Waals surface area contributed by atoms with Crippen molar-refractivity contribution in [3.8, 4) is 11.3 Å². The van der Waals surface area contributed by atoms with Gasteiger partial charge in [0.1, 0.15) is 17.1 Å². The van der Waals surface area contributed by atoms with Crippen molar-refractivity contribution in [1.29, 1.82) is 0 Å².